The van der Waals surface area contributed by atoms with E-state index in [1.807, 2.05) is 36.9 Å². The number of rotatable bonds is 2. The SMILES string of the molecule is Cc1nn(C)c(-n2ccc3cnccc32)c1C=O. The molecule has 0 bridgehead atoms. The highest BCUT2D eigenvalue weighted by molar-refractivity contribution is 5.86. The third kappa shape index (κ3) is 1.37. The molecule has 18 heavy (non-hydrogen) atoms. The molecule has 0 saturated carbocycles. The zero-order chi connectivity index (χ0) is 12.7. The average molecular weight is 240 g/mol. The molecule has 3 aromatic rings. The van der Waals surface area contributed by atoms with Crippen LogP contribution in [-0.2, 0) is 7.05 Å². The second-order valence-electron chi connectivity index (χ2n) is 4.18. The number of carbonyl (C=O) groups excluding carboxylic acids is 1. The highest BCUT2D eigenvalue weighted by Crippen LogP contribution is 2.22. The highest BCUT2D eigenvalue weighted by Gasteiger charge is 2.15. The fourth-order valence-electron chi connectivity index (χ4n) is 2.25. The smallest absolute Gasteiger partial charge is 0.155 e. The summed E-state index contributed by atoms with van der Waals surface area (Å²) in [6.07, 6.45) is 6.32. The molecule has 0 unspecified atom stereocenters. The van der Waals surface area contributed by atoms with Crippen LogP contribution in [0.4, 0.5) is 0 Å². The Labute approximate surface area is 104 Å². The minimum absolute atomic E-state index is 0.617. The van der Waals surface area contributed by atoms with Crippen molar-refractivity contribution in [3.8, 4) is 5.82 Å². The second-order valence-corrected chi connectivity index (χ2v) is 4.18. The fraction of sp³-hybridized carbons (Fsp3) is 0.154. The lowest BCUT2D eigenvalue weighted by atomic mass is 10.2. The van der Waals surface area contributed by atoms with Gasteiger partial charge in [-0.05, 0) is 19.1 Å². The van der Waals surface area contributed by atoms with Crippen molar-refractivity contribution in [1.82, 2.24) is 19.3 Å². The number of hydrogen-bond acceptors (Lipinski definition) is 3. The molecule has 0 atom stereocenters. The van der Waals surface area contributed by atoms with E-state index in [2.05, 4.69) is 10.1 Å². The number of fused-ring (bicyclic) bond motifs is 1. The molecule has 90 valence electrons. The lowest BCUT2D eigenvalue weighted by Gasteiger charge is -2.06. The lowest BCUT2D eigenvalue weighted by Crippen LogP contribution is -2.03. The minimum Gasteiger partial charge on any atom is -0.301 e. The van der Waals surface area contributed by atoms with E-state index >= 15 is 0 Å². The molecule has 0 aromatic carbocycles. The van der Waals surface area contributed by atoms with Crippen molar-refractivity contribution in [2.75, 3.05) is 0 Å². The maximum Gasteiger partial charge on any atom is 0.155 e. The average Bonchev–Trinajstić information content (AvgIpc) is 2.89. The van der Waals surface area contributed by atoms with Crippen LogP contribution in [0.5, 0.6) is 0 Å². The molecule has 0 amide bonds. The van der Waals surface area contributed by atoms with Crippen molar-refractivity contribution in [3.05, 3.63) is 42.0 Å². The topological polar surface area (TPSA) is 52.7 Å². The van der Waals surface area contributed by atoms with Crippen molar-refractivity contribution < 1.29 is 4.79 Å². The van der Waals surface area contributed by atoms with Crippen LogP contribution in [0.1, 0.15) is 16.1 Å². The summed E-state index contributed by atoms with van der Waals surface area (Å²) in [6.45, 7) is 1.83. The Kier molecular flexibility index (Phi) is 2.26. The summed E-state index contributed by atoms with van der Waals surface area (Å²) in [4.78, 5) is 15.3. The van der Waals surface area contributed by atoms with Crippen LogP contribution in [0.15, 0.2) is 30.7 Å². The molecule has 0 fully saturated rings. The highest BCUT2D eigenvalue weighted by atomic mass is 16.1. The van der Waals surface area contributed by atoms with Crippen LogP contribution in [-0.4, -0.2) is 25.6 Å². The van der Waals surface area contributed by atoms with Gasteiger partial charge in [0.1, 0.15) is 5.82 Å². The van der Waals surface area contributed by atoms with Crippen molar-refractivity contribution in [2.45, 2.75) is 6.92 Å². The van der Waals surface area contributed by atoms with Gasteiger partial charge in [0, 0.05) is 31.0 Å². The maximum absolute atomic E-state index is 11.2. The summed E-state index contributed by atoms with van der Waals surface area (Å²) < 4.78 is 3.68. The number of carbonyl (C=O) groups is 1. The van der Waals surface area contributed by atoms with Gasteiger partial charge in [0.15, 0.2) is 6.29 Å². The summed E-state index contributed by atoms with van der Waals surface area (Å²) in [5.41, 5.74) is 2.36. The number of pyridine rings is 1. The van der Waals surface area contributed by atoms with E-state index in [0.717, 1.165) is 28.7 Å². The zero-order valence-corrected chi connectivity index (χ0v) is 10.2. The monoisotopic (exact) mass is 240 g/mol. The normalized spacial score (nSPS) is 11.0. The number of aryl methyl sites for hydroxylation is 2. The number of aromatic nitrogens is 4. The molecule has 3 aromatic heterocycles. The van der Waals surface area contributed by atoms with E-state index in [-0.39, 0.29) is 0 Å². The van der Waals surface area contributed by atoms with Crippen molar-refractivity contribution in [2.24, 2.45) is 7.05 Å². The van der Waals surface area contributed by atoms with E-state index in [1.165, 1.54) is 0 Å². The molecule has 3 heterocycles. The van der Waals surface area contributed by atoms with Crippen LogP contribution in [0.25, 0.3) is 16.7 Å². The Morgan fingerprint density at radius 2 is 2.17 bits per heavy atom. The Morgan fingerprint density at radius 1 is 1.33 bits per heavy atom. The first-order valence-electron chi connectivity index (χ1n) is 5.62. The molecular formula is C13H12N4O. The van der Waals surface area contributed by atoms with Crippen LogP contribution in [0.3, 0.4) is 0 Å². The van der Waals surface area contributed by atoms with Gasteiger partial charge in [-0.1, -0.05) is 0 Å². The van der Waals surface area contributed by atoms with Gasteiger partial charge in [-0.15, -0.1) is 0 Å². The molecule has 0 aliphatic heterocycles. The summed E-state index contributed by atoms with van der Waals surface area (Å²) in [5.74, 6) is 0.781. The van der Waals surface area contributed by atoms with Gasteiger partial charge >= 0.3 is 0 Å². The van der Waals surface area contributed by atoms with E-state index in [0.29, 0.717) is 5.56 Å². The molecule has 0 aliphatic rings. The Hall–Kier alpha value is -2.43. The Balaban J connectivity index is 2.36. The summed E-state index contributed by atoms with van der Waals surface area (Å²) in [6, 6.07) is 3.89. The van der Waals surface area contributed by atoms with Crippen molar-refractivity contribution >= 4 is 17.2 Å². The van der Waals surface area contributed by atoms with Gasteiger partial charge in [-0.2, -0.15) is 5.10 Å². The molecule has 0 spiro atoms. The molecule has 0 saturated heterocycles. The standard InChI is InChI=1S/C13H12N4O/c1-9-11(8-18)13(16(2)15-9)17-6-4-10-7-14-5-3-12(10)17/h3-8H,1-2H3. The summed E-state index contributed by atoms with van der Waals surface area (Å²) in [5, 5.41) is 5.33. The predicted molar refractivity (Wildman–Crippen MR) is 68.0 cm³/mol. The van der Waals surface area contributed by atoms with E-state index < -0.39 is 0 Å². The summed E-state index contributed by atoms with van der Waals surface area (Å²) >= 11 is 0. The molecule has 0 radical (unpaired) electrons. The van der Waals surface area contributed by atoms with E-state index in [9.17, 15) is 4.79 Å². The molecule has 0 N–H and O–H groups in total. The molecule has 5 nitrogen and oxygen atoms in total. The van der Waals surface area contributed by atoms with E-state index in [1.54, 1.807) is 17.1 Å². The third-order valence-electron chi connectivity index (χ3n) is 3.07. The van der Waals surface area contributed by atoms with Crippen LogP contribution in [0.2, 0.25) is 0 Å². The second kappa shape index (κ2) is 3.80. The minimum atomic E-state index is 0.617. The predicted octanol–water partition coefficient (Wildman–Crippen LogP) is 1.88. The Bertz CT molecular complexity index is 739. The van der Waals surface area contributed by atoms with Crippen molar-refractivity contribution in [3.63, 3.8) is 0 Å². The zero-order valence-electron chi connectivity index (χ0n) is 10.2. The van der Waals surface area contributed by atoms with Gasteiger partial charge in [0.05, 0.1) is 16.8 Å². The quantitative estimate of drug-likeness (QED) is 0.643. The number of nitrogens with zero attached hydrogens (tertiary/aromatic N) is 4. The fourth-order valence-corrected chi connectivity index (χ4v) is 2.25. The first-order chi connectivity index (χ1) is 8.72. The van der Waals surface area contributed by atoms with Gasteiger partial charge in [-0.3, -0.25) is 14.5 Å². The Morgan fingerprint density at radius 3 is 2.94 bits per heavy atom. The van der Waals surface area contributed by atoms with Gasteiger partial charge in [0.25, 0.3) is 0 Å². The van der Waals surface area contributed by atoms with Gasteiger partial charge in [-0.25, -0.2) is 0 Å². The first-order valence-corrected chi connectivity index (χ1v) is 5.62. The van der Waals surface area contributed by atoms with Crippen LogP contribution in [0, 0.1) is 6.92 Å². The van der Waals surface area contributed by atoms with E-state index in [4.69, 9.17) is 0 Å². The van der Waals surface area contributed by atoms with Crippen LogP contribution >= 0.6 is 0 Å². The number of aldehydes is 1. The molecule has 0 aliphatic carbocycles. The maximum atomic E-state index is 11.2. The molecule has 5 heteroatoms. The van der Waals surface area contributed by atoms with Crippen LogP contribution < -0.4 is 0 Å². The lowest BCUT2D eigenvalue weighted by molar-refractivity contribution is 0.112. The van der Waals surface area contributed by atoms with Crippen molar-refractivity contribution in [1.29, 1.82) is 0 Å². The molecule has 3 rings (SSSR count). The third-order valence-corrected chi connectivity index (χ3v) is 3.07. The first kappa shape index (κ1) is 10.7. The van der Waals surface area contributed by atoms with Gasteiger partial charge in [0.2, 0.25) is 0 Å². The molecular weight excluding hydrogens is 228 g/mol. The van der Waals surface area contributed by atoms with Gasteiger partial charge < -0.3 is 4.57 Å². The largest absolute Gasteiger partial charge is 0.301 e. The number of hydrogen-bond donors (Lipinski definition) is 0. The summed E-state index contributed by atoms with van der Waals surface area (Å²) in [7, 11) is 1.84.